The molecular weight excluding hydrogens is 346 g/mol. The van der Waals surface area contributed by atoms with E-state index < -0.39 is 0 Å². The van der Waals surface area contributed by atoms with Crippen LogP contribution in [-0.4, -0.2) is 45.3 Å². The maximum Gasteiger partial charge on any atom is 0.111 e. The van der Waals surface area contributed by atoms with Crippen molar-refractivity contribution in [3.05, 3.63) is 78.1 Å². The quantitative estimate of drug-likeness (QED) is 0.690. The van der Waals surface area contributed by atoms with Crippen molar-refractivity contribution in [3.8, 4) is 17.2 Å². The lowest BCUT2D eigenvalue weighted by molar-refractivity contribution is 0.0902. The normalized spacial score (nSPS) is 18.1. The summed E-state index contributed by atoms with van der Waals surface area (Å²) < 4.78 is 1.82. The Balaban J connectivity index is 1.41. The maximum atomic E-state index is 9.69. The lowest BCUT2D eigenvalue weighted by Crippen LogP contribution is -2.51. The van der Waals surface area contributed by atoms with Gasteiger partial charge in [-0.3, -0.25) is 14.5 Å². The van der Waals surface area contributed by atoms with E-state index in [0.29, 0.717) is 0 Å². The Morgan fingerprint density at radius 1 is 1.00 bits per heavy atom. The Bertz CT molecular complexity index is 956. The van der Waals surface area contributed by atoms with Crippen LogP contribution in [0.5, 0.6) is 0 Å². The second-order valence-corrected chi connectivity index (χ2v) is 7.44. The predicted molar refractivity (Wildman–Crippen MR) is 110 cm³/mol. The Labute approximate surface area is 166 Å². The Morgan fingerprint density at radius 3 is 2.57 bits per heavy atom. The maximum absolute atomic E-state index is 9.69. The third-order valence-electron chi connectivity index (χ3n) is 5.32. The Kier molecular flexibility index (Phi) is 5.52. The molecule has 1 atom stereocenters. The Hall–Kier alpha value is -2.94. The molecule has 1 fully saturated rings. The lowest BCUT2D eigenvalue weighted by atomic mass is 10.0. The molecule has 0 spiro atoms. The summed E-state index contributed by atoms with van der Waals surface area (Å²) in [4.78, 5) is 4.68. The number of nitrogens with zero attached hydrogens (tertiary/aromatic N) is 5. The molecule has 0 bridgehead atoms. The molecule has 5 heteroatoms. The highest BCUT2D eigenvalue weighted by molar-refractivity contribution is 5.62. The number of piperazine rings is 1. The van der Waals surface area contributed by atoms with Gasteiger partial charge in [0.1, 0.15) is 6.04 Å². The van der Waals surface area contributed by atoms with E-state index in [9.17, 15) is 5.26 Å². The number of aromatic nitrogens is 2. The first-order valence-corrected chi connectivity index (χ1v) is 9.69. The van der Waals surface area contributed by atoms with E-state index in [1.54, 1.807) is 0 Å². The van der Waals surface area contributed by atoms with Crippen molar-refractivity contribution in [1.82, 2.24) is 19.6 Å². The monoisotopic (exact) mass is 371 g/mol. The summed E-state index contributed by atoms with van der Waals surface area (Å²) in [6.07, 6.45) is 3.93. The molecule has 1 aromatic heterocycles. The molecule has 4 rings (SSSR count). The molecule has 0 amide bonds. The second kappa shape index (κ2) is 8.39. The fourth-order valence-corrected chi connectivity index (χ4v) is 3.83. The van der Waals surface area contributed by atoms with E-state index in [1.807, 2.05) is 30.2 Å². The van der Waals surface area contributed by atoms with Crippen LogP contribution in [0.1, 0.15) is 11.1 Å². The molecule has 0 unspecified atom stereocenters. The van der Waals surface area contributed by atoms with Gasteiger partial charge in [0.15, 0.2) is 0 Å². The molecule has 0 aliphatic carbocycles. The zero-order chi connectivity index (χ0) is 19.3. The van der Waals surface area contributed by atoms with Crippen LogP contribution >= 0.6 is 0 Å². The van der Waals surface area contributed by atoms with Crippen molar-refractivity contribution < 1.29 is 0 Å². The molecule has 28 heavy (non-hydrogen) atoms. The summed E-state index contributed by atoms with van der Waals surface area (Å²) in [5.74, 6) is 0. The highest BCUT2D eigenvalue weighted by Crippen LogP contribution is 2.21. The molecule has 1 saturated heterocycles. The van der Waals surface area contributed by atoms with Gasteiger partial charge in [-0.2, -0.15) is 10.4 Å². The molecular formula is C23H25N5. The van der Waals surface area contributed by atoms with E-state index in [0.717, 1.165) is 38.3 Å². The predicted octanol–water partition coefficient (Wildman–Crippen LogP) is 3.30. The van der Waals surface area contributed by atoms with Gasteiger partial charge < -0.3 is 0 Å². The number of hydrogen-bond donors (Lipinski definition) is 0. The van der Waals surface area contributed by atoms with E-state index >= 15 is 0 Å². The lowest BCUT2D eigenvalue weighted by Gasteiger charge is -2.38. The molecule has 142 valence electrons. The molecule has 2 aromatic carbocycles. The third kappa shape index (κ3) is 4.30. The number of hydrogen-bond acceptors (Lipinski definition) is 4. The van der Waals surface area contributed by atoms with Crippen molar-refractivity contribution >= 4 is 0 Å². The summed E-state index contributed by atoms with van der Waals surface area (Å²) in [6.45, 7) is 4.37. The van der Waals surface area contributed by atoms with Crippen LogP contribution in [0.4, 0.5) is 0 Å². The smallest absolute Gasteiger partial charge is 0.111 e. The zero-order valence-corrected chi connectivity index (χ0v) is 16.2. The topological polar surface area (TPSA) is 48.1 Å². The molecule has 0 radical (unpaired) electrons. The summed E-state index contributed by atoms with van der Waals surface area (Å²) in [5, 5.41) is 14.0. The van der Waals surface area contributed by atoms with Crippen LogP contribution < -0.4 is 0 Å². The van der Waals surface area contributed by atoms with Crippen LogP contribution in [0.2, 0.25) is 0 Å². The van der Waals surface area contributed by atoms with E-state index in [-0.39, 0.29) is 6.04 Å². The Morgan fingerprint density at radius 2 is 1.82 bits per heavy atom. The van der Waals surface area contributed by atoms with Gasteiger partial charge in [0.2, 0.25) is 0 Å². The number of rotatable bonds is 5. The number of benzene rings is 2. The molecule has 5 nitrogen and oxygen atoms in total. The fraction of sp³-hybridized carbons (Fsp3) is 0.304. The van der Waals surface area contributed by atoms with Gasteiger partial charge >= 0.3 is 0 Å². The van der Waals surface area contributed by atoms with Crippen LogP contribution in [0.15, 0.2) is 67.0 Å². The van der Waals surface area contributed by atoms with Crippen molar-refractivity contribution in [2.24, 2.45) is 7.05 Å². The molecule has 1 aliphatic rings. The van der Waals surface area contributed by atoms with Gasteiger partial charge in [-0.15, -0.1) is 0 Å². The number of aryl methyl sites for hydroxylation is 1. The van der Waals surface area contributed by atoms with Crippen molar-refractivity contribution in [3.63, 3.8) is 0 Å². The molecule has 2 heterocycles. The second-order valence-electron chi connectivity index (χ2n) is 7.44. The van der Waals surface area contributed by atoms with Crippen LogP contribution in [0.3, 0.4) is 0 Å². The highest BCUT2D eigenvalue weighted by atomic mass is 15.3. The van der Waals surface area contributed by atoms with Gasteiger partial charge in [0, 0.05) is 51.5 Å². The van der Waals surface area contributed by atoms with Gasteiger partial charge in [0.25, 0.3) is 0 Å². The summed E-state index contributed by atoms with van der Waals surface area (Å²) in [7, 11) is 1.93. The first kappa shape index (κ1) is 18.4. The third-order valence-corrected chi connectivity index (χ3v) is 5.32. The van der Waals surface area contributed by atoms with Crippen molar-refractivity contribution in [2.45, 2.75) is 19.1 Å². The fourth-order valence-electron chi connectivity index (χ4n) is 3.83. The molecule has 1 aliphatic heterocycles. The SMILES string of the molecule is Cn1cc(-c2cccc(CN3CCN(Cc4ccccc4)[C@H](C#N)C3)c2)cn1. The van der Waals surface area contributed by atoms with E-state index in [2.05, 4.69) is 69.5 Å². The van der Waals surface area contributed by atoms with Gasteiger partial charge in [-0.1, -0.05) is 48.5 Å². The van der Waals surface area contributed by atoms with Gasteiger partial charge in [-0.25, -0.2) is 0 Å². The van der Waals surface area contributed by atoms with Crippen molar-refractivity contribution in [1.29, 1.82) is 5.26 Å². The minimum Gasteiger partial charge on any atom is -0.295 e. The minimum atomic E-state index is -0.0736. The summed E-state index contributed by atoms with van der Waals surface area (Å²) in [5.41, 5.74) is 4.85. The van der Waals surface area contributed by atoms with Gasteiger partial charge in [0.05, 0.1) is 12.3 Å². The average Bonchev–Trinajstić information content (AvgIpc) is 3.16. The largest absolute Gasteiger partial charge is 0.295 e. The van der Waals surface area contributed by atoms with Gasteiger partial charge in [-0.05, 0) is 22.8 Å². The standard InChI is InChI=1S/C23H25N5/c1-26-17-22(14-25-26)21-9-5-8-20(12-21)15-27-10-11-28(23(13-24)18-27)16-19-6-3-2-4-7-19/h2-9,12,14,17,23H,10-11,15-16,18H2,1H3/t23-/m1/s1. The van der Waals surface area contributed by atoms with E-state index in [4.69, 9.17) is 0 Å². The molecule has 0 N–H and O–H groups in total. The van der Waals surface area contributed by atoms with Crippen LogP contribution in [0.25, 0.3) is 11.1 Å². The van der Waals surface area contributed by atoms with Crippen LogP contribution in [0, 0.1) is 11.3 Å². The first-order chi connectivity index (χ1) is 13.7. The molecule has 3 aromatic rings. The molecule has 0 saturated carbocycles. The first-order valence-electron chi connectivity index (χ1n) is 9.69. The summed E-state index contributed by atoms with van der Waals surface area (Å²) >= 11 is 0. The highest BCUT2D eigenvalue weighted by Gasteiger charge is 2.26. The number of nitriles is 1. The average molecular weight is 371 g/mol. The van der Waals surface area contributed by atoms with E-state index in [1.165, 1.54) is 16.7 Å². The minimum absolute atomic E-state index is 0.0736. The summed E-state index contributed by atoms with van der Waals surface area (Å²) in [6, 6.07) is 21.5. The zero-order valence-electron chi connectivity index (χ0n) is 16.2. The van der Waals surface area contributed by atoms with Crippen LogP contribution in [-0.2, 0) is 20.1 Å². The van der Waals surface area contributed by atoms with Crippen molar-refractivity contribution in [2.75, 3.05) is 19.6 Å².